The maximum absolute atomic E-state index is 13.0. The molecule has 4 aliphatic carbocycles. The summed E-state index contributed by atoms with van der Waals surface area (Å²) in [6.07, 6.45) is 7.49. The van der Waals surface area contributed by atoms with Crippen molar-refractivity contribution in [3.63, 3.8) is 0 Å². The van der Waals surface area contributed by atoms with E-state index in [0.717, 1.165) is 47.6 Å². The fraction of sp³-hybridized carbons (Fsp3) is 0.632. The first-order valence-electron chi connectivity index (χ1n) is 8.60. The van der Waals surface area contributed by atoms with Crippen molar-refractivity contribution in [2.45, 2.75) is 51.5 Å². The number of carbonyl (C=O) groups is 1. The monoisotopic (exact) mass is 317 g/mol. The smallest absolute Gasteiger partial charge is 0.226 e. The summed E-state index contributed by atoms with van der Waals surface area (Å²) >= 11 is 5.95. The van der Waals surface area contributed by atoms with E-state index >= 15 is 0 Å². The molecule has 4 aliphatic rings. The van der Waals surface area contributed by atoms with Gasteiger partial charge in [-0.25, -0.2) is 0 Å². The fourth-order valence-corrected chi connectivity index (χ4v) is 5.70. The van der Waals surface area contributed by atoms with E-state index in [-0.39, 0.29) is 11.5 Å². The van der Waals surface area contributed by atoms with E-state index in [1.54, 1.807) is 0 Å². The molecule has 0 aliphatic heterocycles. The average Bonchev–Trinajstić information content (AvgIpc) is 2.46. The van der Waals surface area contributed by atoms with Crippen molar-refractivity contribution < 1.29 is 4.79 Å². The van der Waals surface area contributed by atoms with E-state index < -0.39 is 0 Å². The summed E-state index contributed by atoms with van der Waals surface area (Å²) in [5.41, 5.74) is 1.07. The van der Waals surface area contributed by atoms with Crippen LogP contribution in [0.2, 0.25) is 5.02 Å². The van der Waals surface area contributed by atoms with Crippen molar-refractivity contribution in [2.24, 2.45) is 23.2 Å². The minimum absolute atomic E-state index is 0.0535. The number of hydrogen-bond donors (Lipinski definition) is 1. The molecule has 0 unspecified atom stereocenters. The Kier molecular flexibility index (Phi) is 3.48. The van der Waals surface area contributed by atoms with E-state index in [1.807, 2.05) is 24.3 Å². The van der Waals surface area contributed by atoms with Crippen LogP contribution in [-0.4, -0.2) is 5.91 Å². The molecule has 22 heavy (non-hydrogen) atoms. The summed E-state index contributed by atoms with van der Waals surface area (Å²) in [4.78, 5) is 13.0. The second-order valence-corrected chi connectivity index (χ2v) is 8.38. The third-order valence-electron chi connectivity index (χ3n) is 6.24. The summed E-state index contributed by atoms with van der Waals surface area (Å²) in [5, 5.41) is 4.03. The molecule has 0 saturated heterocycles. The molecule has 4 bridgehead atoms. The van der Waals surface area contributed by atoms with Crippen LogP contribution in [0, 0.1) is 23.2 Å². The summed E-state index contributed by atoms with van der Waals surface area (Å²) in [6, 6.07) is 7.85. The highest BCUT2D eigenvalue weighted by atomic mass is 35.5. The lowest BCUT2D eigenvalue weighted by Crippen LogP contribution is -2.53. The second kappa shape index (κ2) is 5.26. The molecule has 4 fully saturated rings. The largest absolute Gasteiger partial charge is 0.349 e. The van der Waals surface area contributed by atoms with Crippen molar-refractivity contribution in [1.29, 1.82) is 0 Å². The molecular formula is C19H24ClNO. The lowest BCUT2D eigenvalue weighted by atomic mass is 9.49. The van der Waals surface area contributed by atoms with Gasteiger partial charge < -0.3 is 5.32 Å². The van der Waals surface area contributed by atoms with Gasteiger partial charge in [0.05, 0.1) is 6.04 Å². The van der Waals surface area contributed by atoms with Crippen molar-refractivity contribution in [3.05, 3.63) is 34.9 Å². The molecule has 1 aromatic carbocycles. The molecule has 2 nitrogen and oxygen atoms in total. The molecule has 0 radical (unpaired) electrons. The molecule has 3 heteroatoms. The molecule has 1 amide bonds. The Morgan fingerprint density at radius 3 is 2.09 bits per heavy atom. The summed E-state index contributed by atoms with van der Waals surface area (Å²) in [6.45, 7) is 2.07. The summed E-state index contributed by atoms with van der Waals surface area (Å²) in [7, 11) is 0. The Balaban J connectivity index is 1.49. The number of hydrogen-bond acceptors (Lipinski definition) is 1. The number of rotatable bonds is 3. The number of halogens is 1. The van der Waals surface area contributed by atoms with Gasteiger partial charge in [-0.15, -0.1) is 0 Å². The van der Waals surface area contributed by atoms with Crippen LogP contribution in [0.3, 0.4) is 0 Å². The molecule has 0 aromatic heterocycles. The zero-order valence-corrected chi connectivity index (χ0v) is 13.9. The maximum Gasteiger partial charge on any atom is 0.226 e. The Hall–Kier alpha value is -1.02. The average molecular weight is 318 g/mol. The zero-order valence-electron chi connectivity index (χ0n) is 13.1. The second-order valence-electron chi connectivity index (χ2n) is 7.94. The third kappa shape index (κ3) is 2.46. The van der Waals surface area contributed by atoms with Crippen LogP contribution in [0.15, 0.2) is 24.3 Å². The molecule has 1 aromatic rings. The van der Waals surface area contributed by atoms with Gasteiger partial charge in [-0.05, 0) is 80.9 Å². The molecule has 5 rings (SSSR count). The first kappa shape index (κ1) is 14.6. The highest BCUT2D eigenvalue weighted by molar-refractivity contribution is 6.30. The number of carbonyl (C=O) groups excluding carboxylic acids is 1. The SMILES string of the molecule is C[C@H](NC(=O)C12CC3CC(CC(C3)C1)C2)c1ccc(Cl)cc1. The van der Waals surface area contributed by atoms with E-state index in [4.69, 9.17) is 11.6 Å². The minimum Gasteiger partial charge on any atom is -0.349 e. The molecule has 1 atom stereocenters. The summed E-state index contributed by atoms with van der Waals surface area (Å²) in [5.74, 6) is 2.72. The molecule has 1 N–H and O–H groups in total. The first-order chi connectivity index (χ1) is 10.5. The fourth-order valence-electron chi connectivity index (χ4n) is 5.57. The first-order valence-corrected chi connectivity index (χ1v) is 8.98. The predicted molar refractivity (Wildman–Crippen MR) is 88.6 cm³/mol. The third-order valence-corrected chi connectivity index (χ3v) is 6.49. The van der Waals surface area contributed by atoms with E-state index in [1.165, 1.54) is 19.3 Å². The molecule has 0 spiro atoms. The van der Waals surface area contributed by atoms with E-state index in [9.17, 15) is 4.79 Å². The number of amides is 1. The van der Waals surface area contributed by atoms with Crippen LogP contribution in [0.5, 0.6) is 0 Å². The number of nitrogens with one attached hydrogen (secondary N) is 1. The van der Waals surface area contributed by atoms with E-state index in [2.05, 4.69) is 12.2 Å². The van der Waals surface area contributed by atoms with Crippen LogP contribution in [-0.2, 0) is 4.79 Å². The van der Waals surface area contributed by atoms with Gasteiger partial charge in [-0.2, -0.15) is 0 Å². The lowest BCUT2D eigenvalue weighted by Gasteiger charge is -2.55. The Labute approximate surface area is 137 Å². The summed E-state index contributed by atoms with van der Waals surface area (Å²) < 4.78 is 0. The van der Waals surface area contributed by atoms with Gasteiger partial charge in [-0.1, -0.05) is 23.7 Å². The van der Waals surface area contributed by atoms with Crippen LogP contribution in [0.25, 0.3) is 0 Å². The van der Waals surface area contributed by atoms with Gasteiger partial charge in [0.2, 0.25) is 5.91 Å². The van der Waals surface area contributed by atoms with Gasteiger partial charge >= 0.3 is 0 Å². The Morgan fingerprint density at radius 1 is 1.09 bits per heavy atom. The number of benzene rings is 1. The maximum atomic E-state index is 13.0. The Morgan fingerprint density at radius 2 is 1.59 bits per heavy atom. The van der Waals surface area contributed by atoms with Crippen LogP contribution in [0.1, 0.15) is 57.1 Å². The molecule has 4 saturated carbocycles. The Bertz CT molecular complexity index is 544. The van der Waals surface area contributed by atoms with Crippen molar-refractivity contribution in [1.82, 2.24) is 5.32 Å². The quantitative estimate of drug-likeness (QED) is 0.857. The molecule has 0 heterocycles. The van der Waals surface area contributed by atoms with Crippen molar-refractivity contribution >= 4 is 17.5 Å². The van der Waals surface area contributed by atoms with Gasteiger partial charge in [0.25, 0.3) is 0 Å². The predicted octanol–water partition coefficient (Wildman–Crippen LogP) is 4.73. The standard InChI is InChI=1S/C19H24ClNO/c1-12(16-2-4-17(20)5-3-16)21-18(22)19-9-13-6-14(10-19)8-15(7-13)11-19/h2-5,12-15H,6-11H2,1H3,(H,21,22)/t12-,13?,14?,15?,19?/m0/s1. The molecular weight excluding hydrogens is 294 g/mol. The highest BCUT2D eigenvalue weighted by Gasteiger charge is 2.54. The van der Waals surface area contributed by atoms with E-state index in [0.29, 0.717) is 5.91 Å². The normalized spacial score (nSPS) is 37.1. The zero-order chi connectivity index (χ0) is 15.3. The highest BCUT2D eigenvalue weighted by Crippen LogP contribution is 2.60. The van der Waals surface area contributed by atoms with Gasteiger partial charge in [0.15, 0.2) is 0 Å². The van der Waals surface area contributed by atoms with Gasteiger partial charge in [0, 0.05) is 10.4 Å². The van der Waals surface area contributed by atoms with Gasteiger partial charge in [0.1, 0.15) is 0 Å². The minimum atomic E-state index is -0.0601. The topological polar surface area (TPSA) is 29.1 Å². The van der Waals surface area contributed by atoms with Crippen LogP contribution in [0.4, 0.5) is 0 Å². The lowest BCUT2D eigenvalue weighted by molar-refractivity contribution is -0.147. The van der Waals surface area contributed by atoms with Crippen molar-refractivity contribution in [3.8, 4) is 0 Å². The van der Waals surface area contributed by atoms with Crippen molar-refractivity contribution in [2.75, 3.05) is 0 Å². The van der Waals surface area contributed by atoms with Gasteiger partial charge in [-0.3, -0.25) is 4.79 Å². The molecule has 118 valence electrons. The van der Waals surface area contributed by atoms with Crippen LogP contribution < -0.4 is 5.32 Å². The van der Waals surface area contributed by atoms with Crippen LogP contribution >= 0.6 is 11.6 Å².